The third-order valence-corrected chi connectivity index (χ3v) is 2.86. The van der Waals surface area contributed by atoms with Gasteiger partial charge in [-0.15, -0.1) is 0 Å². The van der Waals surface area contributed by atoms with Crippen molar-refractivity contribution in [3.8, 4) is 0 Å². The first-order chi connectivity index (χ1) is 7.54. The topological polar surface area (TPSA) is 58.7 Å². The SMILES string of the molecule is COCC(O)CN(C)c1ccc(N)cc1Br. The lowest BCUT2D eigenvalue weighted by molar-refractivity contribution is 0.0695. The highest BCUT2D eigenvalue weighted by molar-refractivity contribution is 9.10. The number of likely N-dealkylation sites (N-methyl/N-ethyl adjacent to an activating group) is 1. The molecule has 90 valence electrons. The second kappa shape index (κ2) is 6.08. The quantitative estimate of drug-likeness (QED) is 0.806. The van der Waals surface area contributed by atoms with E-state index >= 15 is 0 Å². The van der Waals surface area contributed by atoms with Crippen LogP contribution in [-0.2, 0) is 4.74 Å². The monoisotopic (exact) mass is 288 g/mol. The molecule has 0 bridgehead atoms. The van der Waals surface area contributed by atoms with Crippen molar-refractivity contribution in [1.82, 2.24) is 0 Å². The number of ether oxygens (including phenoxy) is 1. The average Bonchev–Trinajstić information content (AvgIpc) is 2.17. The van der Waals surface area contributed by atoms with Gasteiger partial charge < -0.3 is 20.5 Å². The molecule has 0 spiro atoms. The van der Waals surface area contributed by atoms with Crippen LogP contribution in [0.5, 0.6) is 0 Å². The zero-order valence-corrected chi connectivity index (χ0v) is 11.1. The number of hydrogen-bond acceptors (Lipinski definition) is 4. The van der Waals surface area contributed by atoms with E-state index in [2.05, 4.69) is 15.9 Å². The predicted octanol–water partition coefficient (Wildman–Crippen LogP) is 1.47. The van der Waals surface area contributed by atoms with Crippen LogP contribution in [0.15, 0.2) is 22.7 Å². The standard InChI is InChI=1S/C11H17BrN2O2/c1-14(6-9(15)7-16-2)11-4-3-8(13)5-10(11)12/h3-5,9,15H,6-7,13H2,1-2H3. The molecule has 0 radical (unpaired) electrons. The van der Waals surface area contributed by atoms with Crippen LogP contribution >= 0.6 is 15.9 Å². The van der Waals surface area contributed by atoms with E-state index < -0.39 is 6.10 Å². The molecule has 1 unspecified atom stereocenters. The second-order valence-corrected chi connectivity index (χ2v) is 4.55. The Morgan fingerprint density at radius 1 is 1.56 bits per heavy atom. The molecule has 1 rings (SSSR count). The lowest BCUT2D eigenvalue weighted by atomic mass is 10.2. The van der Waals surface area contributed by atoms with E-state index in [9.17, 15) is 5.11 Å². The molecule has 0 saturated carbocycles. The van der Waals surface area contributed by atoms with E-state index in [4.69, 9.17) is 10.5 Å². The van der Waals surface area contributed by atoms with E-state index in [1.165, 1.54) is 0 Å². The number of anilines is 2. The summed E-state index contributed by atoms with van der Waals surface area (Å²) >= 11 is 3.44. The molecule has 5 heteroatoms. The Morgan fingerprint density at radius 3 is 2.81 bits per heavy atom. The largest absolute Gasteiger partial charge is 0.399 e. The van der Waals surface area contributed by atoms with E-state index in [0.29, 0.717) is 18.8 Å². The predicted molar refractivity (Wildman–Crippen MR) is 69.7 cm³/mol. The van der Waals surface area contributed by atoms with Gasteiger partial charge in [-0.05, 0) is 34.1 Å². The van der Waals surface area contributed by atoms with Crippen molar-refractivity contribution in [2.24, 2.45) is 0 Å². The van der Waals surface area contributed by atoms with Crippen LogP contribution in [-0.4, -0.2) is 38.5 Å². The Labute approximate surface area is 104 Å². The normalized spacial score (nSPS) is 12.5. The summed E-state index contributed by atoms with van der Waals surface area (Å²) in [6, 6.07) is 5.59. The molecular weight excluding hydrogens is 272 g/mol. The minimum absolute atomic E-state index is 0.330. The number of hydrogen-bond donors (Lipinski definition) is 2. The van der Waals surface area contributed by atoms with Gasteiger partial charge in [-0.1, -0.05) is 0 Å². The van der Waals surface area contributed by atoms with E-state index in [-0.39, 0.29) is 0 Å². The summed E-state index contributed by atoms with van der Waals surface area (Å²) in [5.74, 6) is 0. The number of halogens is 1. The third kappa shape index (κ3) is 3.66. The Bertz CT molecular complexity index is 347. The van der Waals surface area contributed by atoms with Crippen LogP contribution in [0.2, 0.25) is 0 Å². The zero-order valence-electron chi connectivity index (χ0n) is 9.48. The summed E-state index contributed by atoms with van der Waals surface area (Å²) in [6.07, 6.45) is -0.501. The highest BCUT2D eigenvalue weighted by Crippen LogP contribution is 2.27. The maximum absolute atomic E-state index is 9.62. The van der Waals surface area contributed by atoms with Crippen molar-refractivity contribution >= 4 is 27.3 Å². The van der Waals surface area contributed by atoms with Gasteiger partial charge in [0, 0.05) is 30.9 Å². The molecule has 0 heterocycles. The highest BCUT2D eigenvalue weighted by Gasteiger charge is 2.11. The van der Waals surface area contributed by atoms with E-state index in [0.717, 1.165) is 10.2 Å². The fourth-order valence-electron chi connectivity index (χ4n) is 1.49. The van der Waals surface area contributed by atoms with Gasteiger partial charge in [0.25, 0.3) is 0 Å². The van der Waals surface area contributed by atoms with Crippen molar-refractivity contribution in [2.75, 3.05) is 37.9 Å². The number of aliphatic hydroxyl groups is 1. The summed E-state index contributed by atoms with van der Waals surface area (Å²) in [4.78, 5) is 1.95. The summed E-state index contributed by atoms with van der Waals surface area (Å²) in [6.45, 7) is 0.841. The fourth-order valence-corrected chi connectivity index (χ4v) is 2.19. The van der Waals surface area contributed by atoms with Gasteiger partial charge in [0.05, 0.1) is 18.4 Å². The molecule has 0 aliphatic heterocycles. The summed E-state index contributed by atoms with van der Waals surface area (Å²) < 4.78 is 5.80. The van der Waals surface area contributed by atoms with Crippen LogP contribution in [0.3, 0.4) is 0 Å². The van der Waals surface area contributed by atoms with Crippen molar-refractivity contribution < 1.29 is 9.84 Å². The van der Waals surface area contributed by atoms with Crippen LogP contribution in [0.25, 0.3) is 0 Å². The summed E-state index contributed by atoms with van der Waals surface area (Å²) in [5.41, 5.74) is 7.36. The van der Waals surface area contributed by atoms with Crippen molar-refractivity contribution in [1.29, 1.82) is 0 Å². The first-order valence-corrected chi connectivity index (χ1v) is 5.77. The van der Waals surface area contributed by atoms with Gasteiger partial charge >= 0.3 is 0 Å². The fraction of sp³-hybridized carbons (Fsp3) is 0.455. The van der Waals surface area contributed by atoms with Gasteiger partial charge in [-0.2, -0.15) is 0 Å². The molecule has 16 heavy (non-hydrogen) atoms. The maximum atomic E-state index is 9.62. The number of aliphatic hydroxyl groups excluding tert-OH is 1. The Morgan fingerprint density at radius 2 is 2.25 bits per heavy atom. The molecule has 4 nitrogen and oxygen atoms in total. The third-order valence-electron chi connectivity index (χ3n) is 2.23. The maximum Gasteiger partial charge on any atom is 0.0947 e. The van der Waals surface area contributed by atoms with Gasteiger partial charge in [0.15, 0.2) is 0 Å². The Hall–Kier alpha value is -0.780. The number of methoxy groups -OCH3 is 1. The van der Waals surface area contributed by atoms with Crippen molar-refractivity contribution in [3.05, 3.63) is 22.7 Å². The van der Waals surface area contributed by atoms with Gasteiger partial charge in [0.1, 0.15) is 0 Å². The lowest BCUT2D eigenvalue weighted by Crippen LogP contribution is -2.32. The highest BCUT2D eigenvalue weighted by atomic mass is 79.9. The smallest absolute Gasteiger partial charge is 0.0947 e. The molecule has 1 aromatic rings. The molecule has 3 N–H and O–H groups in total. The summed E-state index contributed by atoms with van der Waals surface area (Å²) in [7, 11) is 3.48. The van der Waals surface area contributed by atoms with Crippen LogP contribution in [0.1, 0.15) is 0 Å². The zero-order chi connectivity index (χ0) is 12.1. The molecule has 1 aromatic carbocycles. The summed E-state index contributed by atoms with van der Waals surface area (Å²) in [5, 5.41) is 9.62. The Kier molecular flexibility index (Phi) is 5.05. The number of nitrogens with zero attached hydrogens (tertiary/aromatic N) is 1. The van der Waals surface area contributed by atoms with Crippen LogP contribution in [0.4, 0.5) is 11.4 Å². The minimum Gasteiger partial charge on any atom is -0.399 e. The lowest BCUT2D eigenvalue weighted by Gasteiger charge is -2.23. The molecule has 0 aliphatic carbocycles. The van der Waals surface area contributed by atoms with Crippen molar-refractivity contribution in [2.45, 2.75) is 6.10 Å². The van der Waals surface area contributed by atoms with Gasteiger partial charge in [0.2, 0.25) is 0 Å². The van der Waals surface area contributed by atoms with E-state index in [1.807, 2.05) is 30.1 Å². The molecule has 1 atom stereocenters. The Balaban J connectivity index is 2.69. The molecule has 0 saturated heterocycles. The van der Waals surface area contributed by atoms with Crippen LogP contribution < -0.4 is 10.6 Å². The van der Waals surface area contributed by atoms with Gasteiger partial charge in [-0.3, -0.25) is 0 Å². The van der Waals surface area contributed by atoms with Gasteiger partial charge in [-0.25, -0.2) is 0 Å². The molecule has 0 aliphatic rings. The number of nitrogen functional groups attached to an aromatic ring is 1. The van der Waals surface area contributed by atoms with Crippen LogP contribution in [0, 0.1) is 0 Å². The number of nitrogens with two attached hydrogens (primary N) is 1. The molecule has 0 aromatic heterocycles. The average molecular weight is 289 g/mol. The van der Waals surface area contributed by atoms with Crippen molar-refractivity contribution in [3.63, 3.8) is 0 Å². The number of benzene rings is 1. The first-order valence-electron chi connectivity index (χ1n) is 4.97. The molecule has 0 fully saturated rings. The molecular formula is C11H17BrN2O2. The number of rotatable bonds is 5. The minimum atomic E-state index is -0.501. The molecule has 0 amide bonds. The van der Waals surface area contributed by atoms with E-state index in [1.54, 1.807) is 7.11 Å². The first kappa shape index (κ1) is 13.3. The second-order valence-electron chi connectivity index (χ2n) is 3.70.